The Balaban J connectivity index is 4.32. The minimum absolute atomic E-state index is 0.388. The number of carboxylic acids is 1. The summed E-state index contributed by atoms with van der Waals surface area (Å²) in [6, 6.07) is -1.44. The van der Waals surface area contributed by atoms with Gasteiger partial charge in [-0.15, -0.1) is 6.42 Å². The number of carbonyl (C=O) groups excluding carboxylic acids is 1. The molecule has 0 radical (unpaired) electrons. The zero-order valence-corrected chi connectivity index (χ0v) is 9.83. The number of carbonyl (C=O) groups is 2. The summed E-state index contributed by atoms with van der Waals surface area (Å²) >= 11 is 0. The van der Waals surface area contributed by atoms with E-state index in [0.29, 0.717) is 12.8 Å². The summed E-state index contributed by atoms with van der Waals surface area (Å²) in [5.41, 5.74) is -0.792. The first-order valence-corrected chi connectivity index (χ1v) is 5.11. The summed E-state index contributed by atoms with van der Waals surface area (Å²) in [5, 5.41) is 13.7. The molecule has 0 aliphatic carbocycles. The van der Waals surface area contributed by atoms with Crippen LogP contribution in [0.1, 0.15) is 33.6 Å². The first-order chi connectivity index (χ1) is 7.32. The van der Waals surface area contributed by atoms with Gasteiger partial charge in [0, 0.05) is 0 Å². The van der Waals surface area contributed by atoms with Crippen LogP contribution in [0.3, 0.4) is 0 Å². The van der Waals surface area contributed by atoms with E-state index in [1.807, 2.05) is 6.92 Å². The molecule has 0 aliphatic rings. The molecule has 2 amide bonds. The van der Waals surface area contributed by atoms with Crippen molar-refractivity contribution in [1.29, 1.82) is 0 Å². The highest BCUT2D eigenvalue weighted by atomic mass is 16.4. The van der Waals surface area contributed by atoms with Crippen molar-refractivity contribution in [2.75, 3.05) is 0 Å². The van der Waals surface area contributed by atoms with E-state index in [9.17, 15) is 9.59 Å². The fraction of sp³-hybridized carbons (Fsp3) is 0.636. The van der Waals surface area contributed by atoms with E-state index >= 15 is 0 Å². The van der Waals surface area contributed by atoms with Crippen molar-refractivity contribution in [3.63, 3.8) is 0 Å². The maximum absolute atomic E-state index is 11.4. The molecule has 0 aromatic heterocycles. The number of hydrogen-bond acceptors (Lipinski definition) is 2. The molecular formula is C11H18N2O3. The van der Waals surface area contributed by atoms with Gasteiger partial charge >= 0.3 is 12.0 Å². The number of amides is 2. The van der Waals surface area contributed by atoms with E-state index in [1.165, 1.54) is 0 Å². The third-order valence-corrected chi connectivity index (χ3v) is 1.97. The lowest BCUT2D eigenvalue weighted by atomic mass is 10.1. The van der Waals surface area contributed by atoms with Crippen molar-refractivity contribution in [3.8, 4) is 12.3 Å². The number of nitrogens with one attached hydrogen (secondary N) is 2. The zero-order chi connectivity index (χ0) is 12.8. The van der Waals surface area contributed by atoms with Crippen molar-refractivity contribution in [2.24, 2.45) is 0 Å². The third-order valence-electron chi connectivity index (χ3n) is 1.97. The molecule has 90 valence electrons. The lowest BCUT2D eigenvalue weighted by molar-refractivity contribution is -0.139. The van der Waals surface area contributed by atoms with Gasteiger partial charge < -0.3 is 15.7 Å². The molecule has 0 saturated heterocycles. The molecule has 0 fully saturated rings. The van der Waals surface area contributed by atoms with Gasteiger partial charge in [0.2, 0.25) is 0 Å². The van der Waals surface area contributed by atoms with Crippen LogP contribution in [0.25, 0.3) is 0 Å². The number of rotatable bonds is 5. The molecule has 0 heterocycles. The summed E-state index contributed by atoms with van der Waals surface area (Å²) in [5.74, 6) is 1.34. The smallest absolute Gasteiger partial charge is 0.326 e. The van der Waals surface area contributed by atoms with Crippen LogP contribution in [0.2, 0.25) is 0 Å². The normalized spacial score (nSPS) is 12.4. The van der Waals surface area contributed by atoms with Gasteiger partial charge in [-0.3, -0.25) is 0 Å². The van der Waals surface area contributed by atoms with Crippen LogP contribution in [-0.4, -0.2) is 28.7 Å². The Hall–Kier alpha value is -1.70. The summed E-state index contributed by atoms with van der Waals surface area (Å²) < 4.78 is 0. The lowest BCUT2D eigenvalue weighted by Gasteiger charge is -2.21. The number of carboxylic acid groups (broad SMARTS) is 1. The maximum Gasteiger partial charge on any atom is 0.326 e. The molecule has 0 bridgehead atoms. The van der Waals surface area contributed by atoms with Gasteiger partial charge in [0.15, 0.2) is 0 Å². The van der Waals surface area contributed by atoms with Gasteiger partial charge in [-0.25, -0.2) is 9.59 Å². The first kappa shape index (κ1) is 14.3. The second-order valence-corrected chi connectivity index (χ2v) is 4.05. The van der Waals surface area contributed by atoms with E-state index in [-0.39, 0.29) is 0 Å². The molecule has 1 atom stereocenters. The van der Waals surface area contributed by atoms with Gasteiger partial charge in [-0.2, -0.15) is 0 Å². The molecule has 16 heavy (non-hydrogen) atoms. The van der Waals surface area contributed by atoms with Crippen molar-refractivity contribution >= 4 is 12.0 Å². The molecule has 0 spiro atoms. The Morgan fingerprint density at radius 1 is 1.50 bits per heavy atom. The summed E-state index contributed by atoms with van der Waals surface area (Å²) in [6.45, 7) is 5.16. The Morgan fingerprint density at radius 2 is 2.06 bits per heavy atom. The number of hydrogen-bond donors (Lipinski definition) is 3. The van der Waals surface area contributed by atoms with Crippen LogP contribution < -0.4 is 10.6 Å². The Kier molecular flexibility index (Phi) is 5.37. The van der Waals surface area contributed by atoms with E-state index in [4.69, 9.17) is 11.5 Å². The Bertz CT molecular complexity index is 305. The first-order valence-electron chi connectivity index (χ1n) is 5.11. The number of terminal acetylenes is 1. The quantitative estimate of drug-likeness (QED) is 0.611. The van der Waals surface area contributed by atoms with Gasteiger partial charge in [0.05, 0.1) is 5.54 Å². The molecule has 0 saturated carbocycles. The molecular weight excluding hydrogens is 208 g/mol. The SMILES string of the molecule is C#CC(C)(C)NC(=O)N[C@H](CCC)C(=O)O. The Labute approximate surface area is 95.6 Å². The van der Waals surface area contributed by atoms with Crippen molar-refractivity contribution in [2.45, 2.75) is 45.2 Å². The largest absolute Gasteiger partial charge is 0.480 e. The lowest BCUT2D eigenvalue weighted by Crippen LogP contribution is -2.52. The van der Waals surface area contributed by atoms with Gasteiger partial charge in [0.1, 0.15) is 6.04 Å². The Morgan fingerprint density at radius 3 is 2.44 bits per heavy atom. The predicted octanol–water partition coefficient (Wildman–Crippen LogP) is 0.951. The van der Waals surface area contributed by atoms with Gasteiger partial charge in [0.25, 0.3) is 0 Å². The minimum Gasteiger partial charge on any atom is -0.480 e. The van der Waals surface area contributed by atoms with Gasteiger partial charge in [-0.1, -0.05) is 19.3 Å². The maximum atomic E-state index is 11.4. The van der Waals surface area contributed by atoms with Crippen molar-refractivity contribution in [1.82, 2.24) is 10.6 Å². The molecule has 0 unspecified atom stereocenters. The highest BCUT2D eigenvalue weighted by molar-refractivity contribution is 5.83. The number of urea groups is 1. The minimum atomic E-state index is -1.05. The molecule has 3 N–H and O–H groups in total. The van der Waals surface area contributed by atoms with Crippen LogP contribution in [0, 0.1) is 12.3 Å². The van der Waals surface area contributed by atoms with Crippen LogP contribution >= 0.6 is 0 Å². The van der Waals surface area contributed by atoms with Crippen LogP contribution in [0.5, 0.6) is 0 Å². The summed E-state index contributed by atoms with van der Waals surface area (Å²) in [7, 11) is 0. The van der Waals surface area contributed by atoms with Crippen LogP contribution in [0.15, 0.2) is 0 Å². The van der Waals surface area contributed by atoms with Gasteiger partial charge in [-0.05, 0) is 20.3 Å². The van der Waals surface area contributed by atoms with Crippen LogP contribution in [-0.2, 0) is 4.79 Å². The monoisotopic (exact) mass is 226 g/mol. The molecule has 0 aliphatic heterocycles. The van der Waals surface area contributed by atoms with E-state index < -0.39 is 23.6 Å². The number of aliphatic carboxylic acids is 1. The molecule has 0 aromatic rings. The average molecular weight is 226 g/mol. The second kappa shape index (κ2) is 6.01. The predicted molar refractivity (Wildman–Crippen MR) is 60.9 cm³/mol. The second-order valence-electron chi connectivity index (χ2n) is 4.05. The van der Waals surface area contributed by atoms with Crippen LogP contribution in [0.4, 0.5) is 4.79 Å². The van der Waals surface area contributed by atoms with E-state index in [0.717, 1.165) is 0 Å². The molecule has 0 aromatic carbocycles. The van der Waals surface area contributed by atoms with Crippen molar-refractivity contribution in [3.05, 3.63) is 0 Å². The van der Waals surface area contributed by atoms with E-state index in [2.05, 4.69) is 16.6 Å². The fourth-order valence-electron chi connectivity index (χ4n) is 1.06. The third kappa shape index (κ3) is 5.25. The topological polar surface area (TPSA) is 78.4 Å². The summed E-state index contributed by atoms with van der Waals surface area (Å²) in [6.07, 6.45) is 6.26. The molecule has 5 nitrogen and oxygen atoms in total. The van der Waals surface area contributed by atoms with E-state index in [1.54, 1.807) is 13.8 Å². The highest BCUT2D eigenvalue weighted by Gasteiger charge is 2.22. The van der Waals surface area contributed by atoms with Crippen molar-refractivity contribution < 1.29 is 14.7 Å². The average Bonchev–Trinajstić information content (AvgIpc) is 2.16. The zero-order valence-electron chi connectivity index (χ0n) is 9.83. The molecule has 5 heteroatoms. The highest BCUT2D eigenvalue weighted by Crippen LogP contribution is 2.00. The molecule has 0 rings (SSSR count). The fourth-order valence-corrected chi connectivity index (χ4v) is 1.06. The standard InChI is InChI=1S/C11H18N2O3/c1-5-7-8(9(14)15)12-10(16)13-11(3,4)6-2/h2,8H,5,7H2,1,3-4H3,(H,14,15)(H2,12,13,16)/t8-/m1/s1. The summed E-state index contributed by atoms with van der Waals surface area (Å²) in [4.78, 5) is 22.2.